The maximum absolute atomic E-state index is 11.2. The predicted molar refractivity (Wildman–Crippen MR) is 44.5 cm³/mol. The monoisotopic (exact) mass is 172 g/mol. The fraction of sp³-hybridized carbons (Fsp3) is 0.889. The zero-order valence-electron chi connectivity index (χ0n) is 7.78. The Morgan fingerprint density at radius 3 is 2.58 bits per heavy atom. The van der Waals surface area contributed by atoms with Gasteiger partial charge < -0.3 is 9.84 Å². The number of aliphatic hydroxyl groups excluding tert-OH is 1. The van der Waals surface area contributed by atoms with Gasteiger partial charge in [-0.05, 0) is 5.92 Å². The summed E-state index contributed by atoms with van der Waals surface area (Å²) in [7, 11) is 0. The van der Waals surface area contributed by atoms with Crippen LogP contribution in [0.3, 0.4) is 0 Å². The van der Waals surface area contributed by atoms with Gasteiger partial charge in [0.25, 0.3) is 0 Å². The van der Waals surface area contributed by atoms with E-state index in [1.807, 2.05) is 13.8 Å². The number of ether oxygens (including phenoxy) is 1. The molecule has 1 heterocycles. The van der Waals surface area contributed by atoms with Crippen LogP contribution in [0.15, 0.2) is 0 Å². The first-order valence-corrected chi connectivity index (χ1v) is 4.38. The summed E-state index contributed by atoms with van der Waals surface area (Å²) >= 11 is 0. The van der Waals surface area contributed by atoms with E-state index in [4.69, 9.17) is 4.74 Å². The molecule has 0 aromatic carbocycles. The van der Waals surface area contributed by atoms with Gasteiger partial charge in [0.15, 0.2) is 0 Å². The number of rotatable bonds is 0. The van der Waals surface area contributed by atoms with Crippen molar-refractivity contribution in [3.8, 4) is 0 Å². The van der Waals surface area contributed by atoms with E-state index in [1.165, 1.54) is 0 Å². The minimum atomic E-state index is -0.425. The molecule has 70 valence electrons. The third-order valence-electron chi connectivity index (χ3n) is 2.77. The fourth-order valence-corrected chi connectivity index (χ4v) is 1.47. The van der Waals surface area contributed by atoms with Gasteiger partial charge in [-0.2, -0.15) is 0 Å². The average molecular weight is 172 g/mol. The van der Waals surface area contributed by atoms with Crippen molar-refractivity contribution in [3.05, 3.63) is 0 Å². The van der Waals surface area contributed by atoms with Gasteiger partial charge in [0.1, 0.15) is 0 Å². The molecule has 0 spiro atoms. The third-order valence-corrected chi connectivity index (χ3v) is 2.77. The molecule has 3 heteroatoms. The van der Waals surface area contributed by atoms with Gasteiger partial charge >= 0.3 is 5.97 Å². The molecule has 1 saturated heterocycles. The summed E-state index contributed by atoms with van der Waals surface area (Å²) < 4.78 is 4.97. The van der Waals surface area contributed by atoms with Gasteiger partial charge in [-0.25, -0.2) is 0 Å². The van der Waals surface area contributed by atoms with Gasteiger partial charge in [0.05, 0.1) is 18.6 Å². The molecule has 4 unspecified atom stereocenters. The van der Waals surface area contributed by atoms with E-state index in [2.05, 4.69) is 0 Å². The number of aliphatic hydroxyl groups is 1. The van der Waals surface area contributed by atoms with Crippen molar-refractivity contribution in [2.45, 2.75) is 26.9 Å². The van der Waals surface area contributed by atoms with E-state index in [-0.39, 0.29) is 23.7 Å². The van der Waals surface area contributed by atoms with Crippen LogP contribution in [0, 0.1) is 17.8 Å². The molecular formula is C9H16O3. The standard InChI is InChI=1S/C9H16O3/c1-5-4-12-9(11)7(3)6(2)8(5)10/h5-8,10H,4H2,1-3H3. The van der Waals surface area contributed by atoms with E-state index in [0.717, 1.165) is 0 Å². The number of esters is 1. The van der Waals surface area contributed by atoms with Crippen LogP contribution in [0.2, 0.25) is 0 Å². The quantitative estimate of drug-likeness (QED) is 0.550. The SMILES string of the molecule is CC1COC(=O)C(C)C(C)C1O. The number of hydrogen-bond acceptors (Lipinski definition) is 3. The summed E-state index contributed by atoms with van der Waals surface area (Å²) in [6, 6.07) is 0. The highest BCUT2D eigenvalue weighted by atomic mass is 16.5. The molecule has 0 bridgehead atoms. The van der Waals surface area contributed by atoms with Gasteiger partial charge in [-0.15, -0.1) is 0 Å². The lowest BCUT2D eigenvalue weighted by molar-refractivity contribution is -0.148. The van der Waals surface area contributed by atoms with Crippen LogP contribution in [0.4, 0.5) is 0 Å². The molecule has 0 aromatic heterocycles. The third kappa shape index (κ3) is 1.61. The maximum Gasteiger partial charge on any atom is 0.309 e. The van der Waals surface area contributed by atoms with Crippen molar-refractivity contribution in [2.75, 3.05) is 6.61 Å². The van der Waals surface area contributed by atoms with Crippen LogP contribution in [-0.2, 0) is 9.53 Å². The summed E-state index contributed by atoms with van der Waals surface area (Å²) in [6.07, 6.45) is -0.425. The zero-order chi connectivity index (χ0) is 9.30. The van der Waals surface area contributed by atoms with Gasteiger partial charge in [-0.1, -0.05) is 20.8 Å². The summed E-state index contributed by atoms with van der Waals surface area (Å²) in [6.45, 7) is 5.92. The van der Waals surface area contributed by atoms with Crippen molar-refractivity contribution in [1.29, 1.82) is 0 Å². The topological polar surface area (TPSA) is 46.5 Å². The van der Waals surface area contributed by atoms with Gasteiger partial charge in [-0.3, -0.25) is 4.79 Å². The Hall–Kier alpha value is -0.570. The lowest BCUT2D eigenvalue weighted by Crippen LogP contribution is -2.30. The Bertz CT molecular complexity index is 179. The average Bonchev–Trinajstić information content (AvgIpc) is 2.14. The van der Waals surface area contributed by atoms with E-state index in [1.54, 1.807) is 6.92 Å². The van der Waals surface area contributed by atoms with Crippen LogP contribution in [0.1, 0.15) is 20.8 Å². The highest BCUT2D eigenvalue weighted by molar-refractivity contribution is 5.72. The zero-order valence-corrected chi connectivity index (χ0v) is 7.78. The summed E-state index contributed by atoms with van der Waals surface area (Å²) in [4.78, 5) is 11.2. The largest absolute Gasteiger partial charge is 0.465 e. The number of carbonyl (C=O) groups excluding carboxylic acids is 1. The lowest BCUT2D eigenvalue weighted by Gasteiger charge is -2.21. The minimum absolute atomic E-state index is 0.00463. The molecule has 1 rings (SSSR count). The Morgan fingerprint density at radius 2 is 2.00 bits per heavy atom. The molecular weight excluding hydrogens is 156 g/mol. The molecule has 3 nitrogen and oxygen atoms in total. The van der Waals surface area contributed by atoms with Crippen LogP contribution >= 0.6 is 0 Å². The summed E-state index contributed by atoms with van der Waals surface area (Å²) in [5.74, 6) is -0.334. The lowest BCUT2D eigenvalue weighted by atomic mass is 9.86. The Kier molecular flexibility index (Phi) is 2.73. The highest BCUT2D eigenvalue weighted by Gasteiger charge is 2.34. The van der Waals surface area contributed by atoms with Crippen molar-refractivity contribution >= 4 is 5.97 Å². The fourth-order valence-electron chi connectivity index (χ4n) is 1.47. The number of cyclic esters (lactones) is 1. The molecule has 4 atom stereocenters. The molecule has 1 aliphatic heterocycles. The molecule has 0 amide bonds. The Labute approximate surface area is 72.7 Å². The summed E-state index contributed by atoms with van der Waals surface area (Å²) in [5, 5.41) is 9.68. The van der Waals surface area contributed by atoms with E-state index < -0.39 is 6.10 Å². The molecule has 12 heavy (non-hydrogen) atoms. The normalized spacial score (nSPS) is 43.5. The van der Waals surface area contributed by atoms with E-state index in [9.17, 15) is 9.90 Å². The molecule has 0 aliphatic carbocycles. The first kappa shape index (κ1) is 9.52. The van der Waals surface area contributed by atoms with Crippen molar-refractivity contribution in [1.82, 2.24) is 0 Å². The van der Waals surface area contributed by atoms with Crippen LogP contribution < -0.4 is 0 Å². The smallest absolute Gasteiger partial charge is 0.309 e. The van der Waals surface area contributed by atoms with Crippen LogP contribution in [0.5, 0.6) is 0 Å². The summed E-state index contributed by atoms with van der Waals surface area (Å²) in [5.41, 5.74) is 0. The van der Waals surface area contributed by atoms with Crippen LogP contribution in [-0.4, -0.2) is 23.8 Å². The minimum Gasteiger partial charge on any atom is -0.465 e. The Balaban J connectivity index is 2.75. The second-order valence-corrected chi connectivity index (χ2v) is 3.75. The number of hydrogen-bond donors (Lipinski definition) is 1. The first-order chi connectivity index (χ1) is 5.54. The predicted octanol–water partition coefficient (Wildman–Crippen LogP) is 0.812. The molecule has 0 radical (unpaired) electrons. The maximum atomic E-state index is 11.2. The first-order valence-electron chi connectivity index (χ1n) is 4.38. The van der Waals surface area contributed by atoms with Gasteiger partial charge in [0, 0.05) is 5.92 Å². The Morgan fingerprint density at radius 1 is 1.42 bits per heavy atom. The van der Waals surface area contributed by atoms with Crippen molar-refractivity contribution < 1.29 is 14.6 Å². The second kappa shape index (κ2) is 3.44. The van der Waals surface area contributed by atoms with E-state index >= 15 is 0 Å². The van der Waals surface area contributed by atoms with Crippen molar-refractivity contribution in [3.63, 3.8) is 0 Å². The molecule has 1 fully saturated rings. The number of carbonyl (C=O) groups is 1. The van der Waals surface area contributed by atoms with E-state index in [0.29, 0.717) is 6.61 Å². The molecule has 1 aliphatic rings. The molecule has 1 N–H and O–H groups in total. The van der Waals surface area contributed by atoms with Crippen molar-refractivity contribution in [2.24, 2.45) is 17.8 Å². The second-order valence-electron chi connectivity index (χ2n) is 3.75. The molecule has 0 aromatic rings. The van der Waals surface area contributed by atoms with Gasteiger partial charge in [0.2, 0.25) is 0 Å². The molecule has 0 saturated carbocycles. The highest BCUT2D eigenvalue weighted by Crippen LogP contribution is 2.25. The van der Waals surface area contributed by atoms with Crippen LogP contribution in [0.25, 0.3) is 0 Å².